The minimum absolute atomic E-state index is 0.431. The summed E-state index contributed by atoms with van der Waals surface area (Å²) in [4.78, 5) is 0. The SMILES string of the molecule is Cc1ccc(CNCC2CCC(Cl)CC2)cc1C. The van der Waals surface area contributed by atoms with Crippen molar-refractivity contribution in [2.24, 2.45) is 5.92 Å². The van der Waals surface area contributed by atoms with Crippen LogP contribution in [0, 0.1) is 19.8 Å². The molecule has 1 aliphatic carbocycles. The van der Waals surface area contributed by atoms with E-state index in [4.69, 9.17) is 11.6 Å². The zero-order valence-corrected chi connectivity index (χ0v) is 12.3. The number of hydrogen-bond acceptors (Lipinski definition) is 1. The first-order valence-corrected chi connectivity index (χ1v) is 7.49. The van der Waals surface area contributed by atoms with E-state index in [0.29, 0.717) is 5.38 Å². The summed E-state index contributed by atoms with van der Waals surface area (Å²) in [6, 6.07) is 6.73. The van der Waals surface area contributed by atoms with Crippen LogP contribution >= 0.6 is 11.6 Å². The van der Waals surface area contributed by atoms with Gasteiger partial charge in [-0.25, -0.2) is 0 Å². The molecular formula is C16H24ClN. The van der Waals surface area contributed by atoms with Gasteiger partial charge in [-0.05, 0) is 68.7 Å². The molecule has 100 valence electrons. The van der Waals surface area contributed by atoms with E-state index in [1.165, 1.54) is 42.4 Å². The van der Waals surface area contributed by atoms with Crippen molar-refractivity contribution in [2.75, 3.05) is 6.54 Å². The third-order valence-corrected chi connectivity index (χ3v) is 4.55. The van der Waals surface area contributed by atoms with Crippen LogP contribution in [-0.4, -0.2) is 11.9 Å². The third kappa shape index (κ3) is 4.00. The summed E-state index contributed by atoms with van der Waals surface area (Å²) in [7, 11) is 0. The lowest BCUT2D eigenvalue weighted by atomic mass is 9.89. The highest BCUT2D eigenvalue weighted by atomic mass is 35.5. The molecule has 1 aromatic rings. The normalized spacial score (nSPS) is 24.2. The van der Waals surface area contributed by atoms with Gasteiger partial charge in [-0.15, -0.1) is 11.6 Å². The molecule has 1 nitrogen and oxygen atoms in total. The highest BCUT2D eigenvalue weighted by molar-refractivity contribution is 6.20. The van der Waals surface area contributed by atoms with Gasteiger partial charge in [-0.1, -0.05) is 18.2 Å². The van der Waals surface area contributed by atoms with Gasteiger partial charge in [0.1, 0.15) is 0 Å². The standard InChI is InChI=1S/C16H24ClN/c1-12-3-4-15(9-13(12)2)11-18-10-14-5-7-16(17)8-6-14/h3-4,9,14,16,18H,5-8,10-11H2,1-2H3. The van der Waals surface area contributed by atoms with E-state index in [0.717, 1.165) is 19.0 Å². The Bertz CT molecular complexity index is 381. The summed E-state index contributed by atoms with van der Waals surface area (Å²) in [5, 5.41) is 4.02. The average molecular weight is 266 g/mol. The Morgan fingerprint density at radius 2 is 1.83 bits per heavy atom. The Morgan fingerprint density at radius 1 is 1.11 bits per heavy atom. The summed E-state index contributed by atoms with van der Waals surface area (Å²) in [6.45, 7) is 6.47. The summed E-state index contributed by atoms with van der Waals surface area (Å²) < 4.78 is 0. The second kappa shape index (κ2) is 6.58. The molecule has 0 saturated heterocycles. The quantitative estimate of drug-likeness (QED) is 0.805. The van der Waals surface area contributed by atoms with E-state index in [1.807, 2.05) is 0 Å². The number of halogens is 1. The van der Waals surface area contributed by atoms with Gasteiger partial charge < -0.3 is 5.32 Å². The number of hydrogen-bond donors (Lipinski definition) is 1. The second-order valence-corrected chi connectivity index (χ2v) is 6.28. The van der Waals surface area contributed by atoms with Crippen molar-refractivity contribution in [2.45, 2.75) is 51.5 Å². The fourth-order valence-corrected chi connectivity index (χ4v) is 2.91. The predicted octanol–water partition coefficient (Wildman–Crippen LogP) is 4.19. The summed E-state index contributed by atoms with van der Waals surface area (Å²) in [5.74, 6) is 0.826. The van der Waals surface area contributed by atoms with E-state index in [-0.39, 0.29) is 0 Å². The number of rotatable bonds is 4. The molecule has 1 aromatic carbocycles. The van der Waals surface area contributed by atoms with Crippen molar-refractivity contribution >= 4 is 11.6 Å². The highest BCUT2D eigenvalue weighted by Crippen LogP contribution is 2.27. The molecule has 0 aliphatic heterocycles. The maximum Gasteiger partial charge on any atom is 0.0336 e. The van der Waals surface area contributed by atoms with Crippen molar-refractivity contribution in [1.29, 1.82) is 0 Å². The molecule has 2 rings (SSSR count). The van der Waals surface area contributed by atoms with Gasteiger partial charge in [0.25, 0.3) is 0 Å². The first-order chi connectivity index (χ1) is 8.65. The second-order valence-electron chi connectivity index (χ2n) is 5.67. The lowest BCUT2D eigenvalue weighted by molar-refractivity contribution is 0.345. The van der Waals surface area contributed by atoms with Gasteiger partial charge >= 0.3 is 0 Å². The summed E-state index contributed by atoms with van der Waals surface area (Å²) in [6.07, 6.45) is 4.96. The molecule has 0 atom stereocenters. The number of aryl methyl sites for hydroxylation is 2. The molecule has 18 heavy (non-hydrogen) atoms. The van der Waals surface area contributed by atoms with Crippen molar-refractivity contribution < 1.29 is 0 Å². The molecule has 1 aliphatic rings. The zero-order chi connectivity index (χ0) is 13.0. The van der Waals surface area contributed by atoms with Gasteiger partial charge in [0, 0.05) is 11.9 Å². The van der Waals surface area contributed by atoms with Crippen LogP contribution in [0.1, 0.15) is 42.4 Å². The fraction of sp³-hybridized carbons (Fsp3) is 0.625. The molecule has 0 unspecified atom stereocenters. The first-order valence-electron chi connectivity index (χ1n) is 7.06. The predicted molar refractivity (Wildman–Crippen MR) is 79.2 cm³/mol. The zero-order valence-electron chi connectivity index (χ0n) is 11.5. The van der Waals surface area contributed by atoms with Crippen molar-refractivity contribution in [3.05, 3.63) is 34.9 Å². The number of nitrogens with one attached hydrogen (secondary N) is 1. The van der Waals surface area contributed by atoms with Gasteiger partial charge in [0.2, 0.25) is 0 Å². The van der Waals surface area contributed by atoms with Crippen molar-refractivity contribution in [3.63, 3.8) is 0 Å². The molecule has 0 aromatic heterocycles. The van der Waals surface area contributed by atoms with Crippen molar-refractivity contribution in [3.8, 4) is 0 Å². The monoisotopic (exact) mass is 265 g/mol. The minimum atomic E-state index is 0.431. The van der Waals surface area contributed by atoms with Crippen molar-refractivity contribution in [1.82, 2.24) is 5.32 Å². The molecule has 1 saturated carbocycles. The fourth-order valence-electron chi connectivity index (χ4n) is 2.66. The Labute approximate surface area is 116 Å². The third-order valence-electron chi connectivity index (χ3n) is 4.11. The Kier molecular flexibility index (Phi) is 5.08. The topological polar surface area (TPSA) is 12.0 Å². The van der Waals surface area contributed by atoms with E-state index in [1.54, 1.807) is 0 Å². The molecule has 0 spiro atoms. The van der Waals surface area contributed by atoms with Crippen LogP contribution in [0.2, 0.25) is 0 Å². The van der Waals surface area contributed by atoms with Crippen LogP contribution in [0.25, 0.3) is 0 Å². The Balaban J connectivity index is 1.73. The van der Waals surface area contributed by atoms with Crippen LogP contribution < -0.4 is 5.32 Å². The Morgan fingerprint density at radius 3 is 2.50 bits per heavy atom. The van der Waals surface area contributed by atoms with Crippen LogP contribution in [0.5, 0.6) is 0 Å². The molecule has 0 heterocycles. The summed E-state index contributed by atoms with van der Waals surface area (Å²) >= 11 is 6.12. The van der Waals surface area contributed by atoms with Gasteiger partial charge in [-0.3, -0.25) is 0 Å². The molecule has 1 fully saturated rings. The van der Waals surface area contributed by atoms with E-state index >= 15 is 0 Å². The number of benzene rings is 1. The molecular weight excluding hydrogens is 242 g/mol. The molecule has 0 radical (unpaired) electrons. The molecule has 0 amide bonds. The number of alkyl halides is 1. The maximum absolute atomic E-state index is 6.12. The van der Waals surface area contributed by atoms with Crippen LogP contribution in [0.15, 0.2) is 18.2 Å². The molecule has 0 bridgehead atoms. The van der Waals surface area contributed by atoms with Gasteiger partial charge in [0.15, 0.2) is 0 Å². The van der Waals surface area contributed by atoms with E-state index < -0.39 is 0 Å². The highest BCUT2D eigenvalue weighted by Gasteiger charge is 2.18. The van der Waals surface area contributed by atoms with Crippen LogP contribution in [-0.2, 0) is 6.54 Å². The van der Waals surface area contributed by atoms with Crippen LogP contribution in [0.4, 0.5) is 0 Å². The van der Waals surface area contributed by atoms with Gasteiger partial charge in [0.05, 0.1) is 0 Å². The first kappa shape index (κ1) is 13.9. The maximum atomic E-state index is 6.12. The van der Waals surface area contributed by atoms with E-state index in [9.17, 15) is 0 Å². The minimum Gasteiger partial charge on any atom is -0.312 e. The lowest BCUT2D eigenvalue weighted by Crippen LogP contribution is -2.26. The van der Waals surface area contributed by atoms with Gasteiger partial charge in [-0.2, -0.15) is 0 Å². The lowest BCUT2D eigenvalue weighted by Gasteiger charge is -2.25. The largest absolute Gasteiger partial charge is 0.312 e. The van der Waals surface area contributed by atoms with Crippen LogP contribution in [0.3, 0.4) is 0 Å². The Hall–Kier alpha value is -0.530. The molecule has 1 N–H and O–H groups in total. The average Bonchev–Trinajstić information content (AvgIpc) is 2.36. The molecule has 2 heteroatoms. The summed E-state index contributed by atoms with van der Waals surface area (Å²) in [5.41, 5.74) is 4.15. The van der Waals surface area contributed by atoms with E-state index in [2.05, 4.69) is 37.4 Å². The smallest absolute Gasteiger partial charge is 0.0336 e.